The normalized spacial score (nSPS) is 10.3. The van der Waals surface area contributed by atoms with E-state index >= 15 is 0 Å². The van der Waals surface area contributed by atoms with E-state index in [1.165, 1.54) is 0 Å². The number of nitriles is 1. The van der Waals surface area contributed by atoms with Gasteiger partial charge in [0, 0.05) is 11.8 Å². The molecule has 29 heavy (non-hydrogen) atoms. The minimum Gasteiger partial charge on any atom is -0.457 e. The number of carbonyl (C=O) groups is 1. The third-order valence-corrected chi connectivity index (χ3v) is 4.43. The second kappa shape index (κ2) is 8.24. The van der Waals surface area contributed by atoms with Crippen LogP contribution in [0.1, 0.15) is 21.5 Å². The number of ether oxygens (including phenoxy) is 1. The van der Waals surface area contributed by atoms with E-state index in [1.54, 1.807) is 29.1 Å². The smallest absolute Gasteiger partial charge is 0.342 e. The minimum atomic E-state index is -0.464. The summed E-state index contributed by atoms with van der Waals surface area (Å²) in [4.78, 5) is 12.9. The van der Waals surface area contributed by atoms with Crippen LogP contribution in [0.15, 0.2) is 91.1 Å². The van der Waals surface area contributed by atoms with Crippen molar-refractivity contribution in [2.45, 2.75) is 6.61 Å². The maximum atomic E-state index is 12.9. The van der Waals surface area contributed by atoms with E-state index in [1.807, 2.05) is 66.7 Å². The number of hydrogen-bond donors (Lipinski definition) is 0. The number of para-hydroxylation sites is 1. The van der Waals surface area contributed by atoms with Gasteiger partial charge in [-0.25, -0.2) is 9.48 Å². The molecule has 0 aliphatic heterocycles. The molecule has 3 aromatic carbocycles. The van der Waals surface area contributed by atoms with Crippen LogP contribution in [0, 0.1) is 11.3 Å². The summed E-state index contributed by atoms with van der Waals surface area (Å²) in [7, 11) is 0. The molecule has 0 bridgehead atoms. The molecule has 0 atom stereocenters. The lowest BCUT2D eigenvalue weighted by atomic mass is 10.1. The van der Waals surface area contributed by atoms with Crippen molar-refractivity contribution in [3.05, 3.63) is 108 Å². The lowest BCUT2D eigenvalue weighted by Crippen LogP contribution is -2.06. The molecule has 0 radical (unpaired) electrons. The van der Waals surface area contributed by atoms with Gasteiger partial charge in [0.05, 0.1) is 17.3 Å². The summed E-state index contributed by atoms with van der Waals surface area (Å²) in [5, 5.41) is 13.6. The Kier molecular flexibility index (Phi) is 5.17. The van der Waals surface area contributed by atoms with Crippen LogP contribution in [0.3, 0.4) is 0 Å². The molecule has 0 spiro atoms. The molecule has 0 aliphatic carbocycles. The lowest BCUT2D eigenvalue weighted by molar-refractivity contribution is 0.0473. The van der Waals surface area contributed by atoms with Gasteiger partial charge < -0.3 is 4.74 Å². The van der Waals surface area contributed by atoms with Crippen LogP contribution < -0.4 is 0 Å². The van der Waals surface area contributed by atoms with Crippen molar-refractivity contribution in [2.24, 2.45) is 0 Å². The number of rotatable bonds is 5. The second-order valence-corrected chi connectivity index (χ2v) is 6.43. The SMILES string of the molecule is N#Cc1cccc(COC(=O)c2cn(-c3ccccc3)nc2-c2ccccc2)c1. The molecule has 5 heteroatoms. The first kappa shape index (κ1) is 18.2. The van der Waals surface area contributed by atoms with Crippen LogP contribution in [0.4, 0.5) is 0 Å². The Morgan fingerprint density at radius 2 is 1.69 bits per heavy atom. The molecule has 1 aromatic heterocycles. The molecular formula is C24H17N3O2. The highest BCUT2D eigenvalue weighted by Crippen LogP contribution is 2.24. The number of benzene rings is 3. The quantitative estimate of drug-likeness (QED) is 0.469. The average molecular weight is 379 g/mol. The van der Waals surface area contributed by atoms with Gasteiger partial charge in [-0.15, -0.1) is 0 Å². The molecule has 0 fully saturated rings. The monoisotopic (exact) mass is 379 g/mol. The minimum absolute atomic E-state index is 0.0824. The van der Waals surface area contributed by atoms with Crippen LogP contribution in [-0.4, -0.2) is 15.7 Å². The third-order valence-electron chi connectivity index (χ3n) is 4.43. The van der Waals surface area contributed by atoms with E-state index in [2.05, 4.69) is 11.2 Å². The van der Waals surface area contributed by atoms with Gasteiger partial charge in [-0.05, 0) is 29.8 Å². The van der Waals surface area contributed by atoms with E-state index < -0.39 is 5.97 Å². The summed E-state index contributed by atoms with van der Waals surface area (Å²) in [5.74, 6) is -0.464. The number of aromatic nitrogens is 2. The van der Waals surface area contributed by atoms with E-state index in [-0.39, 0.29) is 6.61 Å². The predicted molar refractivity (Wildman–Crippen MR) is 109 cm³/mol. The molecule has 0 aliphatic rings. The standard InChI is InChI=1S/C24H17N3O2/c25-15-18-8-7-9-19(14-18)17-29-24(28)22-16-27(21-12-5-2-6-13-21)26-23(22)20-10-3-1-4-11-20/h1-14,16H,17H2. The molecule has 0 unspecified atom stereocenters. The Labute approximate surface area is 168 Å². The van der Waals surface area contributed by atoms with E-state index in [9.17, 15) is 4.79 Å². The Morgan fingerprint density at radius 3 is 2.41 bits per heavy atom. The number of carbonyl (C=O) groups excluding carboxylic acids is 1. The van der Waals surface area contributed by atoms with Gasteiger partial charge in [0.25, 0.3) is 0 Å². The average Bonchev–Trinajstić information content (AvgIpc) is 3.24. The van der Waals surface area contributed by atoms with Crippen molar-refractivity contribution in [2.75, 3.05) is 0 Å². The Bertz CT molecular complexity index is 1180. The number of hydrogen-bond acceptors (Lipinski definition) is 4. The summed E-state index contributed by atoms with van der Waals surface area (Å²) in [6.07, 6.45) is 1.69. The highest BCUT2D eigenvalue weighted by atomic mass is 16.5. The highest BCUT2D eigenvalue weighted by molar-refractivity contribution is 5.96. The van der Waals surface area contributed by atoms with Crippen LogP contribution >= 0.6 is 0 Å². The molecule has 4 aromatic rings. The van der Waals surface area contributed by atoms with Crippen LogP contribution in [0.25, 0.3) is 16.9 Å². The third kappa shape index (κ3) is 4.07. The fourth-order valence-electron chi connectivity index (χ4n) is 3.00. The molecule has 140 valence electrons. The van der Waals surface area contributed by atoms with E-state index in [4.69, 9.17) is 10.00 Å². The van der Waals surface area contributed by atoms with Crippen LogP contribution in [0.2, 0.25) is 0 Å². The summed E-state index contributed by atoms with van der Waals surface area (Å²) in [5.41, 5.74) is 3.92. The maximum absolute atomic E-state index is 12.9. The zero-order valence-electron chi connectivity index (χ0n) is 15.5. The molecule has 0 N–H and O–H groups in total. The summed E-state index contributed by atoms with van der Waals surface area (Å²) in [6, 6.07) is 28.2. The molecule has 4 rings (SSSR count). The zero-order chi connectivity index (χ0) is 20.1. The summed E-state index contributed by atoms with van der Waals surface area (Å²) in [6.45, 7) is 0.0824. The lowest BCUT2D eigenvalue weighted by Gasteiger charge is -2.05. The Balaban J connectivity index is 1.65. The van der Waals surface area contributed by atoms with Gasteiger partial charge in [-0.2, -0.15) is 10.4 Å². The molecule has 1 heterocycles. The van der Waals surface area contributed by atoms with Crippen molar-refractivity contribution in [1.82, 2.24) is 9.78 Å². The molecular weight excluding hydrogens is 362 g/mol. The fourth-order valence-corrected chi connectivity index (χ4v) is 3.00. The maximum Gasteiger partial charge on any atom is 0.342 e. The second-order valence-electron chi connectivity index (χ2n) is 6.43. The van der Waals surface area contributed by atoms with Crippen molar-refractivity contribution in [3.63, 3.8) is 0 Å². The van der Waals surface area contributed by atoms with E-state index in [0.29, 0.717) is 16.8 Å². The molecule has 0 saturated heterocycles. The van der Waals surface area contributed by atoms with Crippen molar-refractivity contribution >= 4 is 5.97 Å². The predicted octanol–water partition coefficient (Wildman–Crippen LogP) is 4.77. The van der Waals surface area contributed by atoms with E-state index in [0.717, 1.165) is 16.8 Å². The molecule has 0 amide bonds. The highest BCUT2D eigenvalue weighted by Gasteiger charge is 2.20. The van der Waals surface area contributed by atoms with Crippen LogP contribution in [-0.2, 0) is 11.3 Å². The first-order valence-electron chi connectivity index (χ1n) is 9.11. The Hall–Kier alpha value is -4.17. The zero-order valence-corrected chi connectivity index (χ0v) is 15.5. The van der Waals surface area contributed by atoms with Crippen molar-refractivity contribution in [3.8, 4) is 23.0 Å². The van der Waals surface area contributed by atoms with Crippen molar-refractivity contribution < 1.29 is 9.53 Å². The summed E-state index contributed by atoms with van der Waals surface area (Å²) < 4.78 is 7.20. The van der Waals surface area contributed by atoms with Gasteiger partial charge in [-0.3, -0.25) is 0 Å². The van der Waals surface area contributed by atoms with Gasteiger partial charge in [0.1, 0.15) is 17.9 Å². The number of nitrogens with zero attached hydrogens (tertiary/aromatic N) is 3. The van der Waals surface area contributed by atoms with Gasteiger partial charge in [0.15, 0.2) is 0 Å². The van der Waals surface area contributed by atoms with Gasteiger partial charge >= 0.3 is 5.97 Å². The van der Waals surface area contributed by atoms with Crippen LogP contribution in [0.5, 0.6) is 0 Å². The first-order valence-corrected chi connectivity index (χ1v) is 9.11. The summed E-state index contributed by atoms with van der Waals surface area (Å²) >= 11 is 0. The largest absolute Gasteiger partial charge is 0.457 e. The Morgan fingerprint density at radius 1 is 0.966 bits per heavy atom. The van der Waals surface area contributed by atoms with Gasteiger partial charge in [0.2, 0.25) is 0 Å². The fraction of sp³-hybridized carbons (Fsp3) is 0.0417. The topological polar surface area (TPSA) is 67.9 Å². The number of esters is 1. The first-order chi connectivity index (χ1) is 14.2. The molecule has 0 saturated carbocycles. The van der Waals surface area contributed by atoms with Gasteiger partial charge in [-0.1, -0.05) is 60.7 Å². The van der Waals surface area contributed by atoms with Crippen molar-refractivity contribution in [1.29, 1.82) is 5.26 Å². The molecule has 5 nitrogen and oxygen atoms in total.